The largest absolute Gasteiger partial charge is 0.357 e. The Hall–Kier alpha value is -1.60. The van der Waals surface area contributed by atoms with E-state index in [1.54, 1.807) is 18.4 Å². The number of likely N-dealkylation sites (N-methyl/N-ethyl adjacent to an activating group) is 1. The molecule has 0 aromatic carbocycles. The van der Waals surface area contributed by atoms with Crippen molar-refractivity contribution in [3.63, 3.8) is 0 Å². The zero-order valence-electron chi connectivity index (χ0n) is 11.5. The van der Waals surface area contributed by atoms with Crippen molar-refractivity contribution in [1.29, 1.82) is 0 Å². The summed E-state index contributed by atoms with van der Waals surface area (Å²) in [6.07, 6.45) is 5.02. The van der Waals surface area contributed by atoms with Gasteiger partial charge in [0.1, 0.15) is 6.04 Å². The smallest absolute Gasteiger partial charge is 0.242 e. The van der Waals surface area contributed by atoms with Gasteiger partial charge in [-0.05, 0) is 19.3 Å². The van der Waals surface area contributed by atoms with Crippen LogP contribution in [0.25, 0.3) is 4.96 Å². The highest BCUT2D eigenvalue weighted by atomic mass is 32.1. The molecule has 0 radical (unpaired) electrons. The topological polar surface area (TPSA) is 75.7 Å². The van der Waals surface area contributed by atoms with Gasteiger partial charge in [-0.15, -0.1) is 11.3 Å². The third-order valence-corrected chi connectivity index (χ3v) is 4.61. The van der Waals surface area contributed by atoms with E-state index in [1.807, 2.05) is 16.0 Å². The molecule has 6 nitrogen and oxygen atoms in total. The molecule has 1 atom stereocenters. The molecule has 1 aliphatic heterocycles. The zero-order valence-corrected chi connectivity index (χ0v) is 12.3. The molecule has 3 N–H and O–H groups in total. The van der Waals surface area contributed by atoms with E-state index in [4.69, 9.17) is 5.73 Å². The van der Waals surface area contributed by atoms with Gasteiger partial charge in [-0.2, -0.15) is 0 Å². The van der Waals surface area contributed by atoms with Crippen LogP contribution in [-0.2, 0) is 11.3 Å². The van der Waals surface area contributed by atoms with Crippen molar-refractivity contribution in [2.75, 3.05) is 18.5 Å². The summed E-state index contributed by atoms with van der Waals surface area (Å²) in [5.74, 6) is 0.927. The van der Waals surface area contributed by atoms with Crippen LogP contribution in [0.1, 0.15) is 25.0 Å². The van der Waals surface area contributed by atoms with Crippen molar-refractivity contribution < 1.29 is 4.79 Å². The Morgan fingerprint density at radius 3 is 3.20 bits per heavy atom. The van der Waals surface area contributed by atoms with Crippen LogP contribution in [0.15, 0.2) is 11.6 Å². The molecule has 20 heavy (non-hydrogen) atoms. The van der Waals surface area contributed by atoms with Crippen molar-refractivity contribution in [3.05, 3.63) is 17.3 Å². The predicted octanol–water partition coefficient (Wildman–Crippen LogP) is 0.959. The Morgan fingerprint density at radius 1 is 1.60 bits per heavy atom. The minimum atomic E-state index is -0.136. The lowest BCUT2D eigenvalue weighted by Gasteiger charge is -2.35. The van der Waals surface area contributed by atoms with E-state index in [9.17, 15) is 4.79 Å². The molecule has 7 heteroatoms. The number of carbonyl (C=O) groups is 1. The summed E-state index contributed by atoms with van der Waals surface area (Å²) in [6, 6.07) is -0.136. The fourth-order valence-corrected chi connectivity index (χ4v) is 3.59. The van der Waals surface area contributed by atoms with Gasteiger partial charge < -0.3 is 16.0 Å². The van der Waals surface area contributed by atoms with E-state index >= 15 is 0 Å². The molecule has 0 aliphatic carbocycles. The number of nitrogens with zero attached hydrogens (tertiary/aromatic N) is 3. The molecule has 2 aromatic heterocycles. The predicted molar refractivity (Wildman–Crippen MR) is 80.0 cm³/mol. The number of thiazole rings is 1. The first-order valence-corrected chi connectivity index (χ1v) is 7.77. The number of piperidine rings is 1. The van der Waals surface area contributed by atoms with Crippen LogP contribution < -0.4 is 16.0 Å². The molecule has 3 rings (SSSR count). The van der Waals surface area contributed by atoms with E-state index < -0.39 is 0 Å². The first-order chi connectivity index (χ1) is 9.76. The molecular weight excluding hydrogens is 274 g/mol. The number of hydrogen-bond acceptors (Lipinski definition) is 5. The average molecular weight is 293 g/mol. The van der Waals surface area contributed by atoms with Gasteiger partial charge in [-0.1, -0.05) is 0 Å². The molecule has 1 unspecified atom stereocenters. The molecule has 0 saturated carbocycles. The van der Waals surface area contributed by atoms with E-state index in [0.29, 0.717) is 6.54 Å². The molecule has 1 fully saturated rings. The second-order valence-corrected chi connectivity index (χ2v) is 5.83. The fourth-order valence-electron chi connectivity index (χ4n) is 2.87. The lowest BCUT2D eigenvalue weighted by molar-refractivity contribution is -0.122. The maximum absolute atomic E-state index is 12.1. The van der Waals surface area contributed by atoms with Crippen LogP contribution in [-0.4, -0.2) is 34.9 Å². The molecular formula is C13H19N5OS. The lowest BCUT2D eigenvalue weighted by Crippen LogP contribution is -2.49. The van der Waals surface area contributed by atoms with Crippen molar-refractivity contribution in [3.8, 4) is 0 Å². The van der Waals surface area contributed by atoms with Crippen LogP contribution in [0, 0.1) is 0 Å². The Balaban J connectivity index is 2.02. The molecule has 108 valence electrons. The number of imidazole rings is 1. The summed E-state index contributed by atoms with van der Waals surface area (Å²) >= 11 is 1.59. The van der Waals surface area contributed by atoms with Gasteiger partial charge in [0.2, 0.25) is 5.91 Å². The summed E-state index contributed by atoms with van der Waals surface area (Å²) in [6.45, 7) is 1.28. The molecule has 3 heterocycles. The Labute approximate surface area is 121 Å². The van der Waals surface area contributed by atoms with Crippen molar-refractivity contribution in [2.45, 2.75) is 31.8 Å². The van der Waals surface area contributed by atoms with E-state index in [2.05, 4.69) is 15.2 Å². The third kappa shape index (κ3) is 2.06. The second kappa shape index (κ2) is 5.41. The van der Waals surface area contributed by atoms with Crippen LogP contribution in [0.4, 0.5) is 5.82 Å². The molecule has 2 aromatic rings. The maximum atomic E-state index is 12.1. The van der Waals surface area contributed by atoms with Gasteiger partial charge in [-0.3, -0.25) is 9.20 Å². The van der Waals surface area contributed by atoms with E-state index in [0.717, 1.165) is 42.3 Å². The Morgan fingerprint density at radius 2 is 2.45 bits per heavy atom. The first kappa shape index (κ1) is 13.4. The third-order valence-electron chi connectivity index (χ3n) is 3.86. The molecule has 1 aliphatic rings. The quantitative estimate of drug-likeness (QED) is 0.884. The van der Waals surface area contributed by atoms with Crippen LogP contribution in [0.5, 0.6) is 0 Å². The summed E-state index contributed by atoms with van der Waals surface area (Å²) < 4.78 is 2.02. The molecule has 0 spiro atoms. The summed E-state index contributed by atoms with van der Waals surface area (Å²) in [4.78, 5) is 19.8. The van der Waals surface area contributed by atoms with Gasteiger partial charge in [0.15, 0.2) is 10.8 Å². The van der Waals surface area contributed by atoms with Crippen LogP contribution >= 0.6 is 11.3 Å². The van der Waals surface area contributed by atoms with Gasteiger partial charge in [-0.25, -0.2) is 4.98 Å². The fraction of sp³-hybridized carbons (Fsp3) is 0.538. The number of aromatic nitrogens is 2. The normalized spacial score (nSPS) is 19.5. The number of nitrogens with two attached hydrogens (primary N) is 1. The number of rotatable bonds is 3. The SMILES string of the molecule is CNC(=O)C1CCCCN1c1nc2sccn2c1CN. The van der Waals surface area contributed by atoms with Gasteiger partial charge in [0, 0.05) is 31.7 Å². The van der Waals surface area contributed by atoms with Gasteiger partial charge in [0.05, 0.1) is 5.69 Å². The number of amides is 1. The molecule has 0 bridgehead atoms. The second-order valence-electron chi connectivity index (χ2n) is 4.96. The minimum Gasteiger partial charge on any atom is -0.357 e. The van der Waals surface area contributed by atoms with Crippen molar-refractivity contribution in [2.24, 2.45) is 5.73 Å². The highest BCUT2D eigenvalue weighted by Gasteiger charge is 2.31. The lowest BCUT2D eigenvalue weighted by atomic mass is 10.0. The first-order valence-electron chi connectivity index (χ1n) is 6.89. The Kier molecular flexibility index (Phi) is 3.62. The number of nitrogens with one attached hydrogen (secondary N) is 1. The average Bonchev–Trinajstić information content (AvgIpc) is 3.06. The van der Waals surface area contributed by atoms with E-state index in [-0.39, 0.29) is 11.9 Å². The number of anilines is 1. The number of carbonyl (C=O) groups excluding carboxylic acids is 1. The van der Waals surface area contributed by atoms with Gasteiger partial charge in [0.25, 0.3) is 0 Å². The summed E-state index contributed by atoms with van der Waals surface area (Å²) in [5, 5.41) is 4.75. The van der Waals surface area contributed by atoms with Crippen LogP contribution in [0.2, 0.25) is 0 Å². The monoisotopic (exact) mass is 293 g/mol. The zero-order chi connectivity index (χ0) is 14.1. The van der Waals surface area contributed by atoms with Crippen molar-refractivity contribution in [1.82, 2.24) is 14.7 Å². The van der Waals surface area contributed by atoms with Crippen LogP contribution in [0.3, 0.4) is 0 Å². The minimum absolute atomic E-state index is 0.0593. The molecule has 1 saturated heterocycles. The molecule has 1 amide bonds. The highest BCUT2D eigenvalue weighted by Crippen LogP contribution is 2.29. The standard InChI is InChI=1S/C13H19N5OS/c1-15-12(19)9-4-2-3-5-17(9)11-10(8-14)18-6-7-20-13(18)16-11/h6-7,9H,2-5,8,14H2,1H3,(H,15,19). The van der Waals surface area contributed by atoms with E-state index in [1.165, 1.54) is 0 Å². The number of fused-ring (bicyclic) bond motifs is 1. The van der Waals surface area contributed by atoms with Crippen molar-refractivity contribution >= 4 is 28.0 Å². The Bertz CT molecular complexity index is 619. The van der Waals surface area contributed by atoms with Gasteiger partial charge >= 0.3 is 0 Å². The summed E-state index contributed by atoms with van der Waals surface area (Å²) in [5.41, 5.74) is 6.88. The maximum Gasteiger partial charge on any atom is 0.242 e. The summed E-state index contributed by atoms with van der Waals surface area (Å²) in [7, 11) is 1.69. The number of hydrogen-bond donors (Lipinski definition) is 2. The highest BCUT2D eigenvalue weighted by molar-refractivity contribution is 7.15.